The summed E-state index contributed by atoms with van der Waals surface area (Å²) in [4.78, 5) is 0. The Morgan fingerprint density at radius 2 is 0.857 bits per heavy atom. The Bertz CT molecular complexity index is 3180. The third kappa shape index (κ3) is 5.51. The van der Waals surface area contributed by atoms with Crippen LogP contribution in [0.15, 0.2) is 200 Å². The van der Waals surface area contributed by atoms with E-state index in [-0.39, 0.29) is 0 Å². The molecule has 0 atom stereocenters. The van der Waals surface area contributed by atoms with Crippen LogP contribution in [-0.2, 0) is 0 Å². The third-order valence-electron chi connectivity index (χ3n) is 11.5. The first kappa shape index (κ1) is 33.4. The van der Waals surface area contributed by atoms with Crippen LogP contribution in [0.1, 0.15) is 0 Å². The van der Waals surface area contributed by atoms with Gasteiger partial charge >= 0.3 is 338 Å². The van der Waals surface area contributed by atoms with E-state index in [1.54, 1.807) is 4.40 Å². The molecule has 5 radical (unpaired) electrons. The second kappa shape index (κ2) is 13.7. The van der Waals surface area contributed by atoms with E-state index in [4.69, 9.17) is 0 Å². The number of fused-ring (bicyclic) bond motifs is 6. The van der Waals surface area contributed by atoms with Crippen molar-refractivity contribution in [3.63, 3.8) is 0 Å². The van der Waals surface area contributed by atoms with E-state index in [1.165, 1.54) is 108 Å². The van der Waals surface area contributed by atoms with Crippen molar-refractivity contribution in [2.75, 3.05) is 0 Å². The molecule has 11 rings (SSSR count). The molecule has 0 saturated carbocycles. The van der Waals surface area contributed by atoms with Crippen LogP contribution in [0.2, 0.25) is 0 Å². The Morgan fingerprint density at radius 1 is 0.304 bits per heavy atom. The fourth-order valence-corrected chi connectivity index (χ4v) is 12.8. The minimum absolute atomic E-state index is 0.488. The van der Waals surface area contributed by atoms with Crippen LogP contribution in [0.4, 0.5) is 0 Å². The molecule has 56 heavy (non-hydrogen) atoms. The zero-order valence-electron chi connectivity index (χ0n) is 30.6. The summed E-state index contributed by atoms with van der Waals surface area (Å²) in [7, 11) is 0. The van der Waals surface area contributed by atoms with Crippen LogP contribution >= 0.6 is 0 Å². The first-order valence-electron chi connectivity index (χ1n) is 19.2. The van der Waals surface area contributed by atoms with Crippen molar-refractivity contribution in [3.8, 4) is 66.8 Å². The Kier molecular flexibility index (Phi) is 8.15. The SMILES string of the molecule is [Ge][c]1ccccc1-c1cccc(-c2cccc3c(-c4cc(-c5ccccc5)cc5ccccc45)c4cccc(-c5cccc6[c]5[Ge][c]5ccccc5-6)c4cc23)c1. The van der Waals surface area contributed by atoms with E-state index in [9.17, 15) is 0 Å². The van der Waals surface area contributed by atoms with E-state index < -0.39 is 15.4 Å². The van der Waals surface area contributed by atoms with Crippen molar-refractivity contribution in [2.24, 2.45) is 0 Å². The molecule has 1 aliphatic rings. The van der Waals surface area contributed by atoms with Gasteiger partial charge in [0, 0.05) is 0 Å². The Morgan fingerprint density at radius 3 is 1.68 bits per heavy atom. The van der Waals surface area contributed by atoms with E-state index >= 15 is 0 Å². The van der Waals surface area contributed by atoms with Crippen LogP contribution in [-0.4, -0.2) is 31.9 Å². The van der Waals surface area contributed by atoms with Gasteiger partial charge in [-0.25, -0.2) is 0 Å². The zero-order chi connectivity index (χ0) is 37.2. The summed E-state index contributed by atoms with van der Waals surface area (Å²) in [6.07, 6.45) is 0. The summed E-state index contributed by atoms with van der Waals surface area (Å²) in [5.41, 5.74) is 15.5. The second-order valence-corrected chi connectivity index (χ2v) is 18.5. The normalized spacial score (nSPS) is 11.9. The number of hydrogen-bond donors (Lipinski definition) is 0. The van der Waals surface area contributed by atoms with E-state index in [1.807, 2.05) is 0 Å². The third-order valence-corrected chi connectivity index (χ3v) is 15.6. The Hall–Kier alpha value is -5.93. The molecule has 0 fully saturated rings. The Balaban J connectivity index is 1.25. The standard InChI is InChI=1S/C54H33Ge2/c55-51-28-8-6-20-41(51)37-18-10-17-36(30-37)39-22-11-24-44-48(39)33-49-42(46-26-13-27-47-43-21-7-9-29-52(43)56-54(46)47)23-12-25-45(49)53(44)50-32-38(34-14-2-1-3-15-34)31-35-16-4-5-19-40(35)50/h1-33H. The van der Waals surface area contributed by atoms with E-state index in [0.29, 0.717) is 0 Å². The second-order valence-electron chi connectivity index (χ2n) is 14.7. The molecular formula is C54H33Ge2. The van der Waals surface area contributed by atoms with Crippen molar-refractivity contribution in [1.82, 2.24) is 0 Å². The van der Waals surface area contributed by atoms with Gasteiger partial charge in [0.1, 0.15) is 0 Å². The summed E-state index contributed by atoms with van der Waals surface area (Å²) in [5.74, 6) is 0. The van der Waals surface area contributed by atoms with Gasteiger partial charge < -0.3 is 0 Å². The van der Waals surface area contributed by atoms with Crippen molar-refractivity contribution in [2.45, 2.75) is 0 Å². The molecular weight excluding hydrogens is 794 g/mol. The summed E-state index contributed by atoms with van der Waals surface area (Å²) in [6.45, 7) is 0. The molecule has 10 aromatic carbocycles. The fourth-order valence-electron chi connectivity index (χ4n) is 8.94. The molecule has 257 valence electrons. The topological polar surface area (TPSA) is 0 Å². The van der Waals surface area contributed by atoms with Crippen LogP contribution in [0, 0.1) is 0 Å². The maximum absolute atomic E-state index is 2.50. The summed E-state index contributed by atoms with van der Waals surface area (Å²) in [6, 6.07) is 74.8. The fraction of sp³-hybridized carbons (Fsp3) is 0. The number of rotatable bonds is 5. The van der Waals surface area contributed by atoms with Gasteiger partial charge in [-0.3, -0.25) is 0 Å². The molecule has 10 aromatic rings. The van der Waals surface area contributed by atoms with Gasteiger partial charge in [0.15, 0.2) is 0 Å². The molecule has 1 heterocycles. The van der Waals surface area contributed by atoms with Gasteiger partial charge in [0.05, 0.1) is 0 Å². The van der Waals surface area contributed by atoms with Crippen LogP contribution < -0.4 is 13.2 Å². The Labute approximate surface area is 342 Å². The van der Waals surface area contributed by atoms with Crippen molar-refractivity contribution in [1.29, 1.82) is 0 Å². The molecule has 0 aliphatic carbocycles. The van der Waals surface area contributed by atoms with E-state index in [2.05, 4.69) is 217 Å². The molecule has 0 unspecified atom stereocenters. The molecule has 0 N–H and O–H groups in total. The molecule has 0 saturated heterocycles. The summed E-state index contributed by atoms with van der Waals surface area (Å²) >= 11 is 1.72. The monoisotopic (exact) mass is 829 g/mol. The molecule has 0 spiro atoms. The molecule has 0 bridgehead atoms. The average Bonchev–Trinajstić information content (AvgIpc) is 3.64. The summed E-state index contributed by atoms with van der Waals surface area (Å²) in [5, 5.41) is 7.62. The van der Waals surface area contributed by atoms with Crippen molar-refractivity contribution >= 4 is 77.5 Å². The van der Waals surface area contributed by atoms with Gasteiger partial charge in [-0.15, -0.1) is 0 Å². The van der Waals surface area contributed by atoms with Gasteiger partial charge in [-0.2, -0.15) is 0 Å². The maximum atomic E-state index is 2.50. The molecule has 2 heteroatoms. The van der Waals surface area contributed by atoms with Crippen LogP contribution in [0.25, 0.3) is 99.1 Å². The van der Waals surface area contributed by atoms with Gasteiger partial charge in [0.2, 0.25) is 0 Å². The summed E-state index contributed by atoms with van der Waals surface area (Å²) < 4.78 is 4.35. The molecule has 0 aromatic heterocycles. The zero-order valence-corrected chi connectivity index (χ0v) is 34.7. The minimum atomic E-state index is -0.488. The predicted molar refractivity (Wildman–Crippen MR) is 242 cm³/mol. The number of hydrogen-bond acceptors (Lipinski definition) is 0. The first-order chi connectivity index (χ1) is 27.7. The van der Waals surface area contributed by atoms with Crippen molar-refractivity contribution in [3.05, 3.63) is 200 Å². The van der Waals surface area contributed by atoms with Crippen LogP contribution in [0.3, 0.4) is 0 Å². The molecule has 0 amide bonds. The molecule has 1 aliphatic heterocycles. The van der Waals surface area contributed by atoms with Gasteiger partial charge in [-0.05, 0) is 0 Å². The van der Waals surface area contributed by atoms with Crippen molar-refractivity contribution < 1.29 is 0 Å². The van der Waals surface area contributed by atoms with Crippen LogP contribution in [0.5, 0.6) is 0 Å². The first-order valence-corrected chi connectivity index (χ1v) is 22.3. The average molecular weight is 827 g/mol. The number of benzene rings is 10. The quantitative estimate of drug-likeness (QED) is 0.120. The van der Waals surface area contributed by atoms with Gasteiger partial charge in [0.25, 0.3) is 0 Å². The predicted octanol–water partition coefficient (Wildman–Crippen LogP) is 11.9. The molecule has 0 nitrogen and oxygen atoms in total. The van der Waals surface area contributed by atoms with E-state index in [0.717, 1.165) is 0 Å². The van der Waals surface area contributed by atoms with Gasteiger partial charge in [-0.1, -0.05) is 6.07 Å².